The van der Waals surface area contributed by atoms with Crippen molar-refractivity contribution in [2.75, 3.05) is 27.2 Å². The smallest absolute Gasteiger partial charge is 0.229 e. The lowest BCUT2D eigenvalue weighted by atomic mass is 10.9. The monoisotopic (exact) mass is 264 g/mol. The summed E-state index contributed by atoms with van der Waals surface area (Å²) in [7, 11) is 0. The van der Waals surface area contributed by atoms with E-state index in [4.69, 9.17) is 0 Å². The Bertz CT molecular complexity index is 23.3. The predicted molar refractivity (Wildman–Crippen MR) is 64.4 cm³/mol. The van der Waals surface area contributed by atoms with Crippen LogP contribution in [-0.2, 0) is 0 Å². The van der Waals surface area contributed by atoms with Gasteiger partial charge in [0, 0.05) is 0 Å². The van der Waals surface area contributed by atoms with Gasteiger partial charge in [0.2, 0.25) is 13.9 Å². The molecule has 0 bridgehead atoms. The van der Waals surface area contributed by atoms with E-state index in [1.54, 1.807) is 0 Å². The maximum absolute atomic E-state index is 10.3. The van der Waals surface area contributed by atoms with Crippen molar-refractivity contribution in [2.45, 2.75) is 43.6 Å². The summed E-state index contributed by atoms with van der Waals surface area (Å²) >= 11 is 0. The van der Waals surface area contributed by atoms with E-state index in [0.717, 1.165) is 0 Å². The van der Waals surface area contributed by atoms with Crippen LogP contribution in [0.15, 0.2) is 0 Å². The van der Waals surface area contributed by atoms with Crippen molar-refractivity contribution < 1.29 is 26.3 Å². The van der Waals surface area contributed by atoms with Crippen LogP contribution in [0.25, 0.3) is 0 Å². The molecule has 0 aliphatic carbocycles. The van der Waals surface area contributed by atoms with E-state index in [2.05, 4.69) is 0 Å². The first-order chi connectivity index (χ1) is 5.66. The van der Waals surface area contributed by atoms with E-state index in [1.807, 2.05) is 0 Å². The van der Waals surface area contributed by atoms with Gasteiger partial charge in [-0.2, -0.15) is 0 Å². The van der Waals surface area contributed by atoms with Crippen LogP contribution in [0.1, 0.15) is 43.6 Å². The van der Waals surface area contributed by atoms with Crippen molar-refractivity contribution in [1.29, 1.82) is 0 Å². The zero-order valence-electron chi connectivity index (χ0n) is 7.10. The SMILES string of the molecule is C.C.C.C.CCF.CCF.FCF.FCF. The van der Waals surface area contributed by atoms with Gasteiger partial charge in [-0.25, -0.2) is 17.6 Å². The molecular weight excluding hydrogens is 234 g/mol. The van der Waals surface area contributed by atoms with Gasteiger partial charge < -0.3 is 0 Å². The number of rotatable bonds is 0. The minimum absolute atomic E-state index is 0. The van der Waals surface area contributed by atoms with E-state index < -0.39 is 13.9 Å². The molecular formula is C10H30F6. The quantitative estimate of drug-likeness (QED) is 0.453. The normalized spacial score (nSPS) is 4.50. The van der Waals surface area contributed by atoms with Gasteiger partial charge in [-0.1, -0.05) is 29.7 Å². The lowest BCUT2D eigenvalue weighted by Gasteiger charge is -1.45. The molecule has 112 valence electrons. The van der Waals surface area contributed by atoms with Crippen LogP contribution in [0.2, 0.25) is 0 Å². The summed E-state index contributed by atoms with van der Waals surface area (Å²) in [6.45, 7) is -1.08. The van der Waals surface area contributed by atoms with Crippen LogP contribution in [0.3, 0.4) is 0 Å². The Hall–Kier alpha value is -0.420. The third kappa shape index (κ3) is 12200. The van der Waals surface area contributed by atoms with Crippen molar-refractivity contribution in [1.82, 2.24) is 0 Å². The van der Waals surface area contributed by atoms with Crippen LogP contribution in [0.5, 0.6) is 0 Å². The van der Waals surface area contributed by atoms with Crippen LogP contribution in [0, 0.1) is 0 Å². The minimum Gasteiger partial charge on any atom is -0.251 e. The highest BCUT2D eigenvalue weighted by Crippen LogP contribution is 1.56. The second-order valence-corrected chi connectivity index (χ2v) is 0.737. The first-order valence-corrected chi connectivity index (χ1v) is 3.02. The summed E-state index contributed by atoms with van der Waals surface area (Å²) < 4.78 is 59.1. The second kappa shape index (κ2) is 210. The lowest BCUT2D eigenvalue weighted by Crippen LogP contribution is -1.40. The van der Waals surface area contributed by atoms with Gasteiger partial charge >= 0.3 is 0 Å². The van der Waals surface area contributed by atoms with Crippen molar-refractivity contribution in [3.05, 3.63) is 0 Å². The molecule has 0 N–H and O–H groups in total. The summed E-state index contributed by atoms with van der Waals surface area (Å²) in [5.74, 6) is 0. The fourth-order valence-corrected chi connectivity index (χ4v) is 0. The maximum atomic E-state index is 10.3. The molecule has 0 unspecified atom stereocenters. The predicted octanol–water partition coefficient (Wildman–Crippen LogP) is 6.26. The molecule has 0 aromatic heterocycles. The first-order valence-electron chi connectivity index (χ1n) is 3.02. The van der Waals surface area contributed by atoms with E-state index in [1.165, 1.54) is 13.8 Å². The number of hydrogen-bond donors (Lipinski definition) is 0. The van der Waals surface area contributed by atoms with E-state index in [0.29, 0.717) is 0 Å². The van der Waals surface area contributed by atoms with Crippen molar-refractivity contribution >= 4 is 0 Å². The van der Waals surface area contributed by atoms with Gasteiger partial charge in [0.05, 0.1) is 13.3 Å². The summed E-state index contributed by atoms with van der Waals surface area (Å²) in [5.41, 5.74) is 0. The van der Waals surface area contributed by atoms with Crippen LogP contribution in [0.4, 0.5) is 26.3 Å². The molecule has 0 aromatic rings. The van der Waals surface area contributed by atoms with Gasteiger partial charge in [0.1, 0.15) is 0 Å². The standard InChI is InChI=1S/2C2H5F.2CH2F2.4CH4/c2*1-2-3;2*2-1-3;;;;/h2*2H2,1H3;2*1H2;4*1H4. The zero-order valence-corrected chi connectivity index (χ0v) is 7.10. The molecule has 0 amide bonds. The van der Waals surface area contributed by atoms with Gasteiger partial charge in [-0.05, 0) is 13.8 Å². The zero-order chi connectivity index (χ0) is 10.8. The topological polar surface area (TPSA) is 0 Å². The third-order valence-corrected chi connectivity index (χ3v) is 0. The van der Waals surface area contributed by atoms with Crippen molar-refractivity contribution in [2.24, 2.45) is 0 Å². The van der Waals surface area contributed by atoms with Crippen molar-refractivity contribution in [3.8, 4) is 0 Å². The Kier molecular flexibility index (Phi) is 756. The average molecular weight is 264 g/mol. The highest BCUT2D eigenvalue weighted by molar-refractivity contribution is 3.86. The fourth-order valence-electron chi connectivity index (χ4n) is 0. The molecule has 0 fully saturated rings. The summed E-state index contributed by atoms with van der Waals surface area (Å²) in [5, 5.41) is 0. The molecule has 0 saturated heterocycles. The van der Waals surface area contributed by atoms with Gasteiger partial charge in [0.15, 0.2) is 0 Å². The molecule has 0 radical (unpaired) electrons. The van der Waals surface area contributed by atoms with Crippen molar-refractivity contribution in [3.63, 3.8) is 0 Å². The molecule has 0 heterocycles. The number of alkyl halides is 6. The largest absolute Gasteiger partial charge is 0.251 e. The van der Waals surface area contributed by atoms with Crippen LogP contribution in [-0.4, -0.2) is 27.2 Å². The molecule has 16 heavy (non-hydrogen) atoms. The first kappa shape index (κ1) is 57.6. The van der Waals surface area contributed by atoms with Gasteiger partial charge in [-0.15, -0.1) is 0 Å². The van der Waals surface area contributed by atoms with Gasteiger partial charge in [-0.3, -0.25) is 8.78 Å². The Labute approximate surface area is 98.1 Å². The van der Waals surface area contributed by atoms with Crippen LogP contribution >= 0.6 is 0 Å². The molecule has 0 atom stereocenters. The fraction of sp³-hybridized carbons (Fsp3) is 1.00. The molecule has 0 nitrogen and oxygen atoms in total. The minimum atomic E-state index is -1.75. The molecule has 0 aliphatic heterocycles. The highest BCUT2D eigenvalue weighted by atomic mass is 19.3. The summed E-state index contributed by atoms with van der Waals surface area (Å²) in [6, 6.07) is 0. The Morgan fingerprint density at radius 3 is 0.500 bits per heavy atom. The second-order valence-electron chi connectivity index (χ2n) is 0.737. The molecule has 0 aliphatic rings. The molecule has 0 spiro atoms. The summed E-state index contributed by atoms with van der Waals surface area (Å²) in [4.78, 5) is 0. The Morgan fingerprint density at radius 1 is 0.500 bits per heavy atom. The molecule has 0 rings (SSSR count). The van der Waals surface area contributed by atoms with E-state index in [9.17, 15) is 26.3 Å². The lowest BCUT2D eigenvalue weighted by molar-refractivity contribution is 0.295. The highest BCUT2D eigenvalue weighted by Gasteiger charge is 1.44. The van der Waals surface area contributed by atoms with E-state index >= 15 is 0 Å². The Balaban J connectivity index is -0.00000000821. The molecule has 0 aromatic carbocycles. The number of halogens is 6. The molecule has 6 heteroatoms. The van der Waals surface area contributed by atoms with Crippen LogP contribution < -0.4 is 0 Å². The maximum Gasteiger partial charge on any atom is 0.229 e. The van der Waals surface area contributed by atoms with Gasteiger partial charge in [0.25, 0.3) is 0 Å². The van der Waals surface area contributed by atoms with E-state index in [-0.39, 0.29) is 43.1 Å². The third-order valence-electron chi connectivity index (χ3n) is 0. The number of hydrogen-bond acceptors (Lipinski definition) is 0. The average Bonchev–Trinajstić information content (AvgIpc) is 1.92. The molecule has 0 saturated carbocycles. The summed E-state index contributed by atoms with van der Waals surface area (Å²) in [6.07, 6.45) is 0. The Morgan fingerprint density at radius 2 is 0.500 bits per heavy atom.